The van der Waals surface area contributed by atoms with E-state index in [2.05, 4.69) is 5.32 Å². The van der Waals surface area contributed by atoms with Crippen molar-refractivity contribution < 1.29 is 18.0 Å². The van der Waals surface area contributed by atoms with Crippen molar-refractivity contribution in [3.63, 3.8) is 0 Å². The lowest BCUT2D eigenvalue weighted by molar-refractivity contribution is -0.139. The highest BCUT2D eigenvalue weighted by Gasteiger charge is 2.35. The van der Waals surface area contributed by atoms with Gasteiger partial charge in [-0.1, -0.05) is 54.6 Å². The lowest BCUT2D eigenvalue weighted by atomic mass is 10.1. The predicted molar refractivity (Wildman–Crippen MR) is 138 cm³/mol. The molecular formula is C27H31N3O4S. The molecule has 0 radical (unpaired) electrons. The molecule has 0 spiro atoms. The molecule has 0 fully saturated rings. The van der Waals surface area contributed by atoms with Crippen LogP contribution in [0.1, 0.15) is 32.3 Å². The summed E-state index contributed by atoms with van der Waals surface area (Å²) in [6, 6.07) is 20.1. The molecule has 1 unspecified atom stereocenters. The van der Waals surface area contributed by atoms with Crippen LogP contribution < -0.4 is 9.62 Å². The van der Waals surface area contributed by atoms with E-state index in [0.29, 0.717) is 36.5 Å². The standard InChI is InChI=1S/C27H31N3O4S/c1-3-28-27(32)20(2)29(19-17-21-10-5-4-6-11-21)25(31)16-9-18-30-23-14-7-12-22-13-8-15-24(26(22)23)35(30,33)34/h4-8,10-15,20H,3,9,16-19H2,1-2H3,(H,28,32). The minimum Gasteiger partial charge on any atom is -0.355 e. The molecule has 1 atom stereocenters. The molecule has 184 valence electrons. The molecule has 7 nitrogen and oxygen atoms in total. The number of benzene rings is 3. The Labute approximate surface area is 206 Å². The number of likely N-dealkylation sites (N-methyl/N-ethyl adjacent to an activating group) is 1. The van der Waals surface area contributed by atoms with Gasteiger partial charge in [0.2, 0.25) is 11.8 Å². The van der Waals surface area contributed by atoms with Crippen LogP contribution in [0.5, 0.6) is 0 Å². The molecule has 1 aliphatic heterocycles. The summed E-state index contributed by atoms with van der Waals surface area (Å²) in [6.07, 6.45) is 1.14. The van der Waals surface area contributed by atoms with Crippen LogP contribution in [0.4, 0.5) is 5.69 Å². The van der Waals surface area contributed by atoms with Crippen molar-refractivity contribution in [2.75, 3.05) is 23.9 Å². The molecule has 0 saturated carbocycles. The van der Waals surface area contributed by atoms with Crippen LogP contribution in [0.15, 0.2) is 71.6 Å². The first-order valence-electron chi connectivity index (χ1n) is 12.0. The number of nitrogens with one attached hydrogen (secondary N) is 1. The highest BCUT2D eigenvalue weighted by molar-refractivity contribution is 7.93. The van der Waals surface area contributed by atoms with Gasteiger partial charge in [0.25, 0.3) is 10.0 Å². The van der Waals surface area contributed by atoms with Gasteiger partial charge in [0.05, 0.1) is 10.6 Å². The number of sulfonamides is 1. The van der Waals surface area contributed by atoms with Gasteiger partial charge < -0.3 is 10.2 Å². The van der Waals surface area contributed by atoms with E-state index in [4.69, 9.17) is 0 Å². The Morgan fingerprint density at radius 2 is 1.71 bits per heavy atom. The first-order chi connectivity index (χ1) is 16.8. The maximum absolute atomic E-state index is 13.2. The zero-order chi connectivity index (χ0) is 25.0. The summed E-state index contributed by atoms with van der Waals surface area (Å²) in [7, 11) is -3.66. The largest absolute Gasteiger partial charge is 0.355 e. The molecule has 0 bridgehead atoms. The highest BCUT2D eigenvalue weighted by atomic mass is 32.2. The molecule has 2 amide bonds. The van der Waals surface area contributed by atoms with Crippen molar-refractivity contribution in [3.05, 3.63) is 72.3 Å². The second-order valence-electron chi connectivity index (χ2n) is 8.71. The van der Waals surface area contributed by atoms with Gasteiger partial charge in [-0.3, -0.25) is 13.9 Å². The Hall–Kier alpha value is -3.39. The summed E-state index contributed by atoms with van der Waals surface area (Å²) in [5.41, 5.74) is 1.74. The normalized spacial score (nSPS) is 14.6. The fraction of sp³-hybridized carbons (Fsp3) is 0.333. The van der Waals surface area contributed by atoms with Crippen LogP contribution in [0.2, 0.25) is 0 Å². The van der Waals surface area contributed by atoms with Crippen molar-refractivity contribution in [2.24, 2.45) is 0 Å². The van der Waals surface area contributed by atoms with Gasteiger partial charge in [-0.05, 0) is 49.8 Å². The van der Waals surface area contributed by atoms with Crippen molar-refractivity contribution in [2.45, 2.75) is 44.0 Å². The minimum atomic E-state index is -3.66. The van der Waals surface area contributed by atoms with E-state index in [9.17, 15) is 18.0 Å². The van der Waals surface area contributed by atoms with Gasteiger partial charge in [0, 0.05) is 31.4 Å². The van der Waals surface area contributed by atoms with E-state index in [1.807, 2.05) is 61.5 Å². The zero-order valence-corrected chi connectivity index (χ0v) is 20.9. The molecule has 1 N–H and O–H groups in total. The third-order valence-corrected chi connectivity index (χ3v) is 8.29. The molecule has 35 heavy (non-hydrogen) atoms. The molecule has 1 aliphatic rings. The number of anilines is 1. The molecule has 8 heteroatoms. The van der Waals surface area contributed by atoms with E-state index < -0.39 is 16.1 Å². The summed E-state index contributed by atoms with van der Waals surface area (Å²) in [5, 5.41) is 4.40. The summed E-state index contributed by atoms with van der Waals surface area (Å²) in [6.45, 7) is 4.67. The molecule has 3 aromatic rings. The van der Waals surface area contributed by atoms with E-state index in [1.54, 1.807) is 24.0 Å². The van der Waals surface area contributed by atoms with Gasteiger partial charge in [0.1, 0.15) is 6.04 Å². The smallest absolute Gasteiger partial charge is 0.265 e. The van der Waals surface area contributed by atoms with Gasteiger partial charge in [0.15, 0.2) is 0 Å². The number of hydrogen-bond donors (Lipinski definition) is 1. The maximum Gasteiger partial charge on any atom is 0.265 e. The summed E-state index contributed by atoms with van der Waals surface area (Å²) in [5.74, 6) is -0.356. The number of carbonyl (C=O) groups excluding carboxylic acids is 2. The number of nitrogens with zero attached hydrogens (tertiary/aromatic N) is 2. The van der Waals surface area contributed by atoms with Gasteiger partial charge >= 0.3 is 0 Å². The quantitative estimate of drug-likeness (QED) is 0.466. The van der Waals surface area contributed by atoms with Crippen LogP contribution in [0.3, 0.4) is 0 Å². The second kappa shape index (κ2) is 10.5. The molecule has 0 aromatic heterocycles. The Bertz CT molecular complexity index is 1320. The van der Waals surface area contributed by atoms with Crippen LogP contribution in [0, 0.1) is 0 Å². The van der Waals surface area contributed by atoms with Crippen LogP contribution in [0.25, 0.3) is 10.8 Å². The average molecular weight is 494 g/mol. The van der Waals surface area contributed by atoms with Crippen LogP contribution >= 0.6 is 0 Å². The van der Waals surface area contributed by atoms with Gasteiger partial charge in [-0.15, -0.1) is 0 Å². The monoisotopic (exact) mass is 493 g/mol. The lowest BCUT2D eigenvalue weighted by Gasteiger charge is -2.29. The van der Waals surface area contributed by atoms with Gasteiger partial charge in [-0.25, -0.2) is 8.42 Å². The Kier molecular flexibility index (Phi) is 7.40. The van der Waals surface area contributed by atoms with E-state index >= 15 is 0 Å². The molecule has 0 saturated heterocycles. The topological polar surface area (TPSA) is 86.8 Å². The molecule has 4 rings (SSSR count). The number of hydrogen-bond acceptors (Lipinski definition) is 4. The summed E-state index contributed by atoms with van der Waals surface area (Å²) in [4.78, 5) is 27.7. The zero-order valence-electron chi connectivity index (χ0n) is 20.1. The maximum atomic E-state index is 13.2. The Balaban J connectivity index is 1.45. The first-order valence-corrected chi connectivity index (χ1v) is 13.4. The van der Waals surface area contributed by atoms with E-state index in [-0.39, 0.29) is 24.8 Å². The SMILES string of the molecule is CCNC(=O)C(C)N(CCc1ccccc1)C(=O)CCCN1c2cccc3cccc(c23)S1(=O)=O. The second-order valence-corrected chi connectivity index (χ2v) is 10.5. The average Bonchev–Trinajstić information content (AvgIpc) is 3.08. The lowest BCUT2D eigenvalue weighted by Crippen LogP contribution is -2.48. The van der Waals surface area contributed by atoms with Crippen molar-refractivity contribution in [1.29, 1.82) is 0 Å². The van der Waals surface area contributed by atoms with Gasteiger partial charge in [-0.2, -0.15) is 0 Å². The Morgan fingerprint density at radius 1 is 1.00 bits per heavy atom. The van der Waals surface area contributed by atoms with E-state index in [1.165, 1.54) is 4.31 Å². The first kappa shape index (κ1) is 24.7. The molecule has 1 heterocycles. The molecule has 3 aromatic carbocycles. The fourth-order valence-electron chi connectivity index (χ4n) is 4.61. The third-order valence-electron chi connectivity index (χ3n) is 6.44. The summed E-state index contributed by atoms with van der Waals surface area (Å²) < 4.78 is 27.8. The van der Waals surface area contributed by atoms with E-state index in [0.717, 1.165) is 16.3 Å². The Morgan fingerprint density at radius 3 is 2.43 bits per heavy atom. The van der Waals surface area contributed by atoms with Crippen LogP contribution in [-0.2, 0) is 26.0 Å². The number of rotatable bonds is 10. The molecule has 0 aliphatic carbocycles. The van der Waals surface area contributed by atoms with Crippen LogP contribution in [-0.4, -0.2) is 50.8 Å². The van der Waals surface area contributed by atoms with Crippen molar-refractivity contribution in [1.82, 2.24) is 10.2 Å². The highest BCUT2D eigenvalue weighted by Crippen LogP contribution is 2.42. The third kappa shape index (κ3) is 5.03. The number of amides is 2. The summed E-state index contributed by atoms with van der Waals surface area (Å²) >= 11 is 0. The van der Waals surface area contributed by atoms with Crippen molar-refractivity contribution >= 4 is 38.3 Å². The number of carbonyl (C=O) groups is 2. The minimum absolute atomic E-state index is 0.150. The molecular weight excluding hydrogens is 462 g/mol. The van der Waals surface area contributed by atoms with Crippen molar-refractivity contribution in [3.8, 4) is 0 Å². The predicted octanol–water partition coefficient (Wildman–Crippen LogP) is 3.72. The fourth-order valence-corrected chi connectivity index (χ4v) is 6.36.